The molecule has 1 aliphatic rings. The number of anilines is 3. The molecule has 1 amide bonds. The lowest BCUT2D eigenvalue weighted by Gasteiger charge is -2.23. The molecule has 33 heavy (non-hydrogen) atoms. The second-order valence-electron chi connectivity index (χ2n) is 7.92. The van der Waals surface area contributed by atoms with Crippen LogP contribution in [0.25, 0.3) is 0 Å². The minimum absolute atomic E-state index is 0.0719. The molecule has 4 rings (SSSR count). The highest BCUT2D eigenvalue weighted by Crippen LogP contribution is 2.38. The topological polar surface area (TPSA) is 147 Å². The second kappa shape index (κ2) is 9.53. The van der Waals surface area contributed by atoms with Crippen LogP contribution in [0.5, 0.6) is 0 Å². The Labute approximate surface area is 191 Å². The molecule has 0 aliphatic carbocycles. The van der Waals surface area contributed by atoms with Gasteiger partial charge < -0.3 is 30.7 Å². The zero-order valence-corrected chi connectivity index (χ0v) is 18.4. The summed E-state index contributed by atoms with van der Waals surface area (Å²) >= 11 is 0. The zero-order valence-electron chi connectivity index (χ0n) is 18.4. The summed E-state index contributed by atoms with van der Waals surface area (Å²) in [5, 5.41) is 30.1. The highest BCUT2D eigenvalue weighted by molar-refractivity contribution is 6.58. The van der Waals surface area contributed by atoms with Crippen LogP contribution in [0, 0.1) is 0 Å². The largest absolute Gasteiger partial charge is 0.488 e. The standard InChI is InChI=1S/C22H25BN6O4/c1-13-9-17-15(12-33-2)6-4-8-18(17)29(13)22-26-21(19(20(24)30)27-28-22)25-11-14-5-3-7-16(10-14)23(31)32/h3-8,10,13,31-32H,9,11-12H2,1-2H3,(H2,24,30)(H,25,26,28). The van der Waals surface area contributed by atoms with Gasteiger partial charge in [-0.3, -0.25) is 4.79 Å². The normalized spacial score (nSPS) is 14.8. The highest BCUT2D eigenvalue weighted by atomic mass is 16.5. The summed E-state index contributed by atoms with van der Waals surface area (Å²) in [6, 6.07) is 12.9. The molecule has 0 spiro atoms. The third-order valence-corrected chi connectivity index (χ3v) is 5.58. The van der Waals surface area contributed by atoms with E-state index in [0.29, 0.717) is 18.0 Å². The number of methoxy groups -OCH3 is 1. The third kappa shape index (κ3) is 4.65. The van der Waals surface area contributed by atoms with Crippen LogP contribution >= 0.6 is 0 Å². The summed E-state index contributed by atoms with van der Waals surface area (Å²) < 4.78 is 5.33. The smallest absolute Gasteiger partial charge is 0.423 e. The molecule has 1 unspecified atom stereocenters. The van der Waals surface area contributed by atoms with Gasteiger partial charge in [0.05, 0.1) is 6.61 Å². The van der Waals surface area contributed by atoms with Gasteiger partial charge in [-0.2, -0.15) is 4.98 Å². The van der Waals surface area contributed by atoms with E-state index in [1.807, 2.05) is 29.2 Å². The molecule has 11 heteroatoms. The Morgan fingerprint density at radius 1 is 1.27 bits per heavy atom. The van der Waals surface area contributed by atoms with E-state index in [0.717, 1.165) is 23.2 Å². The van der Waals surface area contributed by atoms with Gasteiger partial charge in [0, 0.05) is 25.4 Å². The number of primary amides is 1. The number of nitrogens with two attached hydrogens (primary N) is 1. The van der Waals surface area contributed by atoms with Crippen molar-refractivity contribution in [1.82, 2.24) is 15.2 Å². The zero-order chi connectivity index (χ0) is 23.5. The van der Waals surface area contributed by atoms with Crippen LogP contribution in [0.15, 0.2) is 42.5 Å². The molecule has 10 nitrogen and oxygen atoms in total. The van der Waals surface area contributed by atoms with E-state index in [9.17, 15) is 14.8 Å². The fourth-order valence-corrected chi connectivity index (χ4v) is 4.06. The molecule has 1 aliphatic heterocycles. The molecule has 0 saturated carbocycles. The Balaban J connectivity index is 1.66. The number of nitrogens with zero attached hydrogens (tertiary/aromatic N) is 4. The Hall–Kier alpha value is -3.54. The third-order valence-electron chi connectivity index (χ3n) is 5.58. The number of amides is 1. The molecule has 2 heterocycles. The molecule has 0 radical (unpaired) electrons. The number of hydrogen-bond acceptors (Lipinski definition) is 9. The number of ether oxygens (including phenoxy) is 1. The average Bonchev–Trinajstić information content (AvgIpc) is 3.14. The fraction of sp³-hybridized carbons (Fsp3) is 0.273. The Morgan fingerprint density at radius 3 is 2.79 bits per heavy atom. The molecule has 1 aromatic heterocycles. The lowest BCUT2D eigenvalue weighted by Crippen LogP contribution is -2.30. The summed E-state index contributed by atoms with van der Waals surface area (Å²) in [4.78, 5) is 18.5. The Kier molecular flexibility index (Phi) is 6.54. The van der Waals surface area contributed by atoms with Crippen LogP contribution in [0.4, 0.5) is 17.5 Å². The SMILES string of the molecule is COCc1cccc2c1CC(C)N2c1nnc(C(N)=O)c(NCc2cccc(B(O)O)c2)n1. The molecule has 0 bridgehead atoms. The molecule has 0 saturated heterocycles. The number of fused-ring (bicyclic) bond motifs is 1. The predicted octanol–water partition coefficient (Wildman–Crippen LogP) is 0.492. The van der Waals surface area contributed by atoms with Gasteiger partial charge in [-0.1, -0.05) is 36.4 Å². The molecule has 170 valence electrons. The van der Waals surface area contributed by atoms with Gasteiger partial charge >= 0.3 is 7.12 Å². The van der Waals surface area contributed by atoms with Crippen LogP contribution in [-0.4, -0.2) is 51.4 Å². The maximum absolute atomic E-state index is 11.9. The lowest BCUT2D eigenvalue weighted by atomic mass is 9.80. The van der Waals surface area contributed by atoms with Gasteiger partial charge in [-0.05, 0) is 41.6 Å². The van der Waals surface area contributed by atoms with Crippen LogP contribution in [0.2, 0.25) is 0 Å². The first-order chi connectivity index (χ1) is 15.9. The number of benzene rings is 2. The van der Waals surface area contributed by atoms with Gasteiger partial charge in [-0.25, -0.2) is 0 Å². The molecular weight excluding hydrogens is 423 g/mol. The van der Waals surface area contributed by atoms with Crippen molar-refractivity contribution in [2.45, 2.75) is 32.5 Å². The van der Waals surface area contributed by atoms with E-state index in [-0.39, 0.29) is 24.1 Å². The van der Waals surface area contributed by atoms with Crippen molar-refractivity contribution in [1.29, 1.82) is 0 Å². The van der Waals surface area contributed by atoms with Crippen LogP contribution in [-0.2, 0) is 24.3 Å². The molecule has 0 fully saturated rings. The number of carbonyl (C=O) groups is 1. The lowest BCUT2D eigenvalue weighted by molar-refractivity contribution is 0.0995. The quantitative estimate of drug-likeness (QED) is 0.362. The number of nitrogens with one attached hydrogen (secondary N) is 1. The summed E-state index contributed by atoms with van der Waals surface area (Å²) in [5.41, 5.74) is 9.80. The van der Waals surface area contributed by atoms with Crippen molar-refractivity contribution < 1.29 is 19.6 Å². The number of aromatic nitrogens is 3. The Morgan fingerprint density at radius 2 is 2.06 bits per heavy atom. The van der Waals surface area contributed by atoms with E-state index >= 15 is 0 Å². The van der Waals surface area contributed by atoms with E-state index in [2.05, 4.69) is 27.4 Å². The molecule has 2 aromatic carbocycles. The molecule has 5 N–H and O–H groups in total. The van der Waals surface area contributed by atoms with E-state index < -0.39 is 13.0 Å². The monoisotopic (exact) mass is 448 g/mol. The Bertz CT molecular complexity index is 1180. The predicted molar refractivity (Wildman–Crippen MR) is 124 cm³/mol. The van der Waals surface area contributed by atoms with Gasteiger partial charge in [-0.15, -0.1) is 10.2 Å². The average molecular weight is 448 g/mol. The van der Waals surface area contributed by atoms with Gasteiger partial charge in [0.2, 0.25) is 0 Å². The van der Waals surface area contributed by atoms with Crippen LogP contribution in [0.3, 0.4) is 0 Å². The van der Waals surface area contributed by atoms with E-state index in [1.54, 1.807) is 25.3 Å². The minimum Gasteiger partial charge on any atom is -0.423 e. The molecule has 3 aromatic rings. The maximum atomic E-state index is 11.9. The summed E-state index contributed by atoms with van der Waals surface area (Å²) in [5.74, 6) is -0.195. The minimum atomic E-state index is -1.57. The summed E-state index contributed by atoms with van der Waals surface area (Å²) in [6.07, 6.45) is 0.800. The highest BCUT2D eigenvalue weighted by Gasteiger charge is 2.31. The van der Waals surface area contributed by atoms with Gasteiger partial charge in [0.25, 0.3) is 11.9 Å². The van der Waals surface area contributed by atoms with Gasteiger partial charge in [0.1, 0.15) is 0 Å². The van der Waals surface area contributed by atoms with Crippen molar-refractivity contribution in [2.24, 2.45) is 5.73 Å². The number of hydrogen-bond donors (Lipinski definition) is 4. The van der Waals surface area contributed by atoms with E-state index in [4.69, 9.17) is 10.5 Å². The molecular formula is C22H25BN6O4. The van der Waals surface area contributed by atoms with Crippen molar-refractivity contribution in [3.63, 3.8) is 0 Å². The maximum Gasteiger partial charge on any atom is 0.488 e. The first-order valence-electron chi connectivity index (χ1n) is 10.5. The fourth-order valence-electron chi connectivity index (χ4n) is 4.06. The van der Waals surface area contributed by atoms with Crippen molar-refractivity contribution >= 4 is 35.9 Å². The summed E-state index contributed by atoms with van der Waals surface area (Å²) in [7, 11) is 0.0956. The van der Waals surface area contributed by atoms with Crippen molar-refractivity contribution in [3.8, 4) is 0 Å². The number of rotatable bonds is 8. The van der Waals surface area contributed by atoms with Crippen LogP contribution < -0.4 is 21.4 Å². The van der Waals surface area contributed by atoms with E-state index in [1.165, 1.54) is 5.56 Å². The van der Waals surface area contributed by atoms with Gasteiger partial charge in [0.15, 0.2) is 11.5 Å². The van der Waals surface area contributed by atoms with Crippen molar-refractivity contribution in [3.05, 3.63) is 64.8 Å². The second-order valence-corrected chi connectivity index (χ2v) is 7.92. The first kappa shape index (κ1) is 22.7. The molecule has 1 atom stereocenters. The van der Waals surface area contributed by atoms with Crippen molar-refractivity contribution in [2.75, 3.05) is 17.3 Å². The van der Waals surface area contributed by atoms with Crippen LogP contribution in [0.1, 0.15) is 34.1 Å². The first-order valence-corrected chi connectivity index (χ1v) is 10.5. The number of carbonyl (C=O) groups excluding carboxylic acids is 1. The summed E-state index contributed by atoms with van der Waals surface area (Å²) in [6.45, 7) is 2.85.